The van der Waals surface area contributed by atoms with E-state index in [4.69, 9.17) is 9.97 Å². The predicted molar refractivity (Wildman–Crippen MR) is 224 cm³/mol. The quantitative estimate of drug-likeness (QED) is 0.169. The summed E-state index contributed by atoms with van der Waals surface area (Å²) in [6.07, 6.45) is 1.88. The van der Waals surface area contributed by atoms with Crippen LogP contribution in [0.3, 0.4) is 0 Å². The molecule has 0 unspecified atom stereocenters. The van der Waals surface area contributed by atoms with E-state index < -0.39 is 0 Å². The van der Waals surface area contributed by atoms with Crippen molar-refractivity contribution < 1.29 is 26.2 Å². The van der Waals surface area contributed by atoms with Crippen molar-refractivity contribution >= 4 is 11.0 Å². The van der Waals surface area contributed by atoms with Gasteiger partial charge in [0.2, 0.25) is 0 Å². The van der Waals surface area contributed by atoms with Gasteiger partial charge in [-0.3, -0.25) is 9.55 Å². The predicted octanol–water partition coefficient (Wildman–Crippen LogP) is 12.9. The smallest absolute Gasteiger partial charge is 0.148 e. The Kier molecular flexibility index (Phi) is 10.2. The number of hydrogen-bond acceptors (Lipinski definition) is 3. The van der Waals surface area contributed by atoms with Gasteiger partial charge in [0.25, 0.3) is 0 Å². The number of pyridine rings is 1. The molecule has 0 atom stereocenters. The molecular formula is C50H44N3OPt-. The van der Waals surface area contributed by atoms with Crippen LogP contribution in [0.25, 0.3) is 72.7 Å². The van der Waals surface area contributed by atoms with Crippen molar-refractivity contribution in [3.8, 4) is 67.5 Å². The van der Waals surface area contributed by atoms with Gasteiger partial charge in [-0.05, 0) is 63.4 Å². The fraction of sp³-hybridized carbons (Fsp3) is 0.160. The van der Waals surface area contributed by atoms with Crippen LogP contribution in [0.4, 0.5) is 0 Å². The summed E-state index contributed by atoms with van der Waals surface area (Å²) in [5.41, 5.74) is 13.9. The summed E-state index contributed by atoms with van der Waals surface area (Å²) in [5.74, 6) is 0.842. The second-order valence-corrected chi connectivity index (χ2v) is 16.0. The van der Waals surface area contributed by atoms with Gasteiger partial charge in [-0.1, -0.05) is 156 Å². The van der Waals surface area contributed by atoms with Gasteiger partial charge in [-0.25, -0.2) is 4.98 Å². The summed E-state index contributed by atoms with van der Waals surface area (Å²) in [4.78, 5) is 10.2. The molecule has 5 heteroatoms. The third kappa shape index (κ3) is 7.44. The molecular weight excluding hydrogens is 854 g/mol. The number of para-hydroxylation sites is 3. The molecule has 0 aliphatic heterocycles. The molecule has 0 fully saturated rings. The largest absolute Gasteiger partial charge is 0.507 e. The average Bonchev–Trinajstić information content (AvgIpc) is 3.57. The third-order valence-corrected chi connectivity index (χ3v) is 10.2. The standard InChI is InChI=1S/C50H44N3O.Pt/c1-49(2,3)38-25-23-34(24-26-38)40-17-10-12-20-44(40)53-45-21-14-19-41(47(45)52-48(53)42-18-11-13-22-46(42)54)36-29-37(31-39(30-36)50(4,5)6)43-32-35(27-28-51-43)33-15-8-7-9-16-33;/h7-28,30-32,54H,1-6H3;/q-1;. The van der Waals surface area contributed by atoms with E-state index in [9.17, 15) is 5.11 Å². The third-order valence-electron chi connectivity index (χ3n) is 10.2. The SMILES string of the molecule is CC(C)(C)c1ccc(-c2ccccc2-n2c(-c3ccccc3O)nc3c(-c4[c-]c(-c5cc(-c6ccccc6)ccn5)cc(C(C)(C)C)c4)cccc32)cc1.[Pt]. The van der Waals surface area contributed by atoms with Crippen molar-refractivity contribution in [1.82, 2.24) is 14.5 Å². The van der Waals surface area contributed by atoms with Crippen molar-refractivity contribution in [3.05, 3.63) is 169 Å². The normalized spacial score (nSPS) is 11.7. The maximum atomic E-state index is 11.3. The van der Waals surface area contributed by atoms with E-state index in [0.717, 1.165) is 61.4 Å². The van der Waals surface area contributed by atoms with Crippen molar-refractivity contribution in [2.45, 2.75) is 52.4 Å². The molecule has 0 spiro atoms. The fourth-order valence-electron chi connectivity index (χ4n) is 7.14. The molecule has 0 aliphatic carbocycles. The number of aromatic hydroxyl groups is 1. The maximum Gasteiger partial charge on any atom is 0.148 e. The first-order valence-corrected chi connectivity index (χ1v) is 18.6. The van der Waals surface area contributed by atoms with Crippen LogP contribution in [0.1, 0.15) is 52.7 Å². The van der Waals surface area contributed by atoms with Gasteiger partial charge in [-0.15, -0.1) is 29.3 Å². The summed E-state index contributed by atoms with van der Waals surface area (Å²) in [6.45, 7) is 13.4. The van der Waals surface area contributed by atoms with Crippen molar-refractivity contribution in [1.29, 1.82) is 0 Å². The van der Waals surface area contributed by atoms with E-state index in [1.165, 1.54) is 11.1 Å². The summed E-state index contributed by atoms with van der Waals surface area (Å²) < 4.78 is 2.19. The Morgan fingerprint density at radius 2 is 1.18 bits per heavy atom. The zero-order valence-corrected chi connectivity index (χ0v) is 34.3. The molecule has 1 N–H and O–H groups in total. The molecule has 0 amide bonds. The Hall–Kier alpha value is -5.57. The van der Waals surface area contributed by atoms with Crippen molar-refractivity contribution in [2.75, 3.05) is 0 Å². The van der Waals surface area contributed by atoms with E-state index in [0.29, 0.717) is 11.4 Å². The second-order valence-electron chi connectivity index (χ2n) is 16.0. The second kappa shape index (κ2) is 14.9. The molecule has 55 heavy (non-hydrogen) atoms. The Bertz CT molecular complexity index is 2630. The summed E-state index contributed by atoms with van der Waals surface area (Å²) in [5, 5.41) is 11.3. The van der Waals surface area contributed by atoms with Gasteiger partial charge < -0.3 is 5.11 Å². The summed E-state index contributed by atoms with van der Waals surface area (Å²) in [7, 11) is 0. The Labute approximate surface area is 338 Å². The molecule has 8 aromatic rings. The van der Waals surface area contributed by atoms with Crippen molar-refractivity contribution in [2.24, 2.45) is 0 Å². The minimum atomic E-state index is -0.134. The van der Waals surface area contributed by atoms with Crippen LogP contribution < -0.4 is 0 Å². The summed E-state index contributed by atoms with van der Waals surface area (Å²) >= 11 is 0. The van der Waals surface area contributed by atoms with Gasteiger partial charge in [0.05, 0.1) is 22.3 Å². The minimum absolute atomic E-state index is 0. The topological polar surface area (TPSA) is 50.9 Å². The molecule has 2 aromatic heterocycles. The molecule has 2 heterocycles. The van der Waals surface area contributed by atoms with E-state index >= 15 is 0 Å². The molecule has 276 valence electrons. The molecule has 6 aromatic carbocycles. The molecule has 4 nitrogen and oxygen atoms in total. The van der Waals surface area contributed by atoms with Crippen molar-refractivity contribution in [3.63, 3.8) is 0 Å². The van der Waals surface area contributed by atoms with E-state index in [1.54, 1.807) is 6.07 Å². The van der Waals surface area contributed by atoms with Gasteiger partial charge in [0.1, 0.15) is 11.6 Å². The van der Waals surface area contributed by atoms with E-state index in [-0.39, 0.29) is 37.6 Å². The van der Waals surface area contributed by atoms with Crippen LogP contribution in [-0.2, 0) is 31.9 Å². The average molecular weight is 898 g/mol. The van der Waals surface area contributed by atoms with Gasteiger partial charge in [-0.2, -0.15) is 0 Å². The van der Waals surface area contributed by atoms with Crippen LogP contribution in [0.15, 0.2) is 152 Å². The van der Waals surface area contributed by atoms with Crippen LogP contribution in [0.5, 0.6) is 5.75 Å². The zero-order valence-electron chi connectivity index (χ0n) is 32.0. The fourth-order valence-corrected chi connectivity index (χ4v) is 7.14. The number of aromatic nitrogens is 3. The number of phenols is 1. The zero-order chi connectivity index (χ0) is 37.6. The van der Waals surface area contributed by atoms with Gasteiger partial charge in [0, 0.05) is 38.5 Å². The maximum absolute atomic E-state index is 11.3. The minimum Gasteiger partial charge on any atom is -0.507 e. The number of hydrogen-bond donors (Lipinski definition) is 1. The van der Waals surface area contributed by atoms with Crippen LogP contribution >= 0.6 is 0 Å². The number of phenolic OH excluding ortho intramolecular Hbond substituents is 1. The first kappa shape index (κ1) is 37.7. The first-order chi connectivity index (χ1) is 26.0. The monoisotopic (exact) mass is 897 g/mol. The Balaban J connectivity index is 0.00000465. The Morgan fingerprint density at radius 3 is 1.89 bits per heavy atom. The number of imidazole rings is 1. The molecule has 8 rings (SSSR count). The van der Waals surface area contributed by atoms with Crippen LogP contribution in [-0.4, -0.2) is 19.6 Å². The molecule has 0 bridgehead atoms. The number of benzene rings is 6. The first-order valence-electron chi connectivity index (χ1n) is 18.6. The van der Waals surface area contributed by atoms with Gasteiger partial charge in [0.15, 0.2) is 0 Å². The number of rotatable bonds is 6. The van der Waals surface area contributed by atoms with Crippen LogP contribution in [0, 0.1) is 6.07 Å². The number of fused-ring (bicyclic) bond motifs is 1. The van der Waals surface area contributed by atoms with Crippen LogP contribution in [0.2, 0.25) is 0 Å². The molecule has 0 saturated carbocycles. The molecule has 0 saturated heterocycles. The number of nitrogens with zero attached hydrogens (tertiary/aromatic N) is 3. The van der Waals surface area contributed by atoms with E-state index in [2.05, 4.69) is 167 Å². The molecule has 0 radical (unpaired) electrons. The summed E-state index contributed by atoms with van der Waals surface area (Å²) in [6, 6.07) is 53.9. The van der Waals surface area contributed by atoms with Gasteiger partial charge >= 0.3 is 0 Å². The van der Waals surface area contributed by atoms with E-state index in [1.807, 2.05) is 30.5 Å². The Morgan fingerprint density at radius 1 is 0.545 bits per heavy atom. The molecule has 0 aliphatic rings.